The monoisotopic (exact) mass is 303 g/mol. The summed E-state index contributed by atoms with van der Waals surface area (Å²) in [5.74, 6) is 0.761. The number of hydrogen-bond donors (Lipinski definition) is 0. The van der Waals surface area contributed by atoms with E-state index in [4.69, 9.17) is 0 Å². The summed E-state index contributed by atoms with van der Waals surface area (Å²) in [4.78, 5) is 21.4. The second kappa shape index (κ2) is 8.28. The van der Waals surface area contributed by atoms with Gasteiger partial charge in [-0.05, 0) is 50.0 Å². The maximum Gasteiger partial charge on any atom is 0.240 e. The Labute approximate surface area is 134 Å². The van der Waals surface area contributed by atoms with Crippen LogP contribution < -0.4 is 0 Å². The zero-order chi connectivity index (χ0) is 15.9. The number of amides is 1. The summed E-state index contributed by atoms with van der Waals surface area (Å²) in [7, 11) is 2.09. The minimum atomic E-state index is 0.0445. The number of pyridine rings is 1. The predicted octanol–water partition coefficient (Wildman–Crippen LogP) is 2.94. The summed E-state index contributed by atoms with van der Waals surface area (Å²) in [5, 5.41) is 0. The smallest absolute Gasteiger partial charge is 0.240 e. The lowest BCUT2D eigenvalue weighted by Crippen LogP contribution is -2.47. The lowest BCUT2D eigenvalue weighted by Gasteiger charge is -2.32. The number of aromatic nitrogens is 1. The van der Waals surface area contributed by atoms with Gasteiger partial charge in [0.25, 0.3) is 0 Å². The van der Waals surface area contributed by atoms with Crippen molar-refractivity contribution in [1.29, 1.82) is 0 Å². The van der Waals surface area contributed by atoms with Crippen LogP contribution in [0.5, 0.6) is 0 Å². The van der Waals surface area contributed by atoms with E-state index in [1.54, 1.807) is 12.4 Å². The molecular formula is C18H29N3O. The quantitative estimate of drug-likeness (QED) is 0.839. The first-order valence-electron chi connectivity index (χ1n) is 8.46. The average Bonchev–Trinajstić information content (AvgIpc) is 2.71. The first-order chi connectivity index (χ1) is 10.6. The Kier molecular flexibility index (Phi) is 6.37. The van der Waals surface area contributed by atoms with E-state index in [2.05, 4.69) is 30.8 Å². The van der Waals surface area contributed by atoms with Crippen molar-refractivity contribution in [2.24, 2.45) is 5.92 Å². The predicted molar refractivity (Wildman–Crippen MR) is 89.4 cm³/mol. The molecule has 1 aromatic heterocycles. The van der Waals surface area contributed by atoms with Crippen LogP contribution in [-0.4, -0.2) is 46.9 Å². The van der Waals surface area contributed by atoms with E-state index in [9.17, 15) is 4.79 Å². The molecule has 4 nitrogen and oxygen atoms in total. The molecule has 1 aliphatic heterocycles. The molecule has 1 fully saturated rings. The summed E-state index contributed by atoms with van der Waals surface area (Å²) in [6.07, 6.45) is 8.18. The topological polar surface area (TPSA) is 36.4 Å². The van der Waals surface area contributed by atoms with Crippen LogP contribution in [0.25, 0.3) is 0 Å². The van der Waals surface area contributed by atoms with Crippen molar-refractivity contribution in [2.45, 2.75) is 52.1 Å². The van der Waals surface area contributed by atoms with E-state index in [-0.39, 0.29) is 11.9 Å². The lowest BCUT2D eigenvalue weighted by molar-refractivity contribution is -0.137. The molecule has 0 aliphatic carbocycles. The molecule has 122 valence electrons. The summed E-state index contributed by atoms with van der Waals surface area (Å²) < 4.78 is 0. The zero-order valence-corrected chi connectivity index (χ0v) is 14.2. The SMILES string of the molecule is CC(C)CN(Cc1ccncc1)C(=O)C1CCCCCN1C. The Morgan fingerprint density at radius 3 is 2.73 bits per heavy atom. The number of carbonyl (C=O) groups is 1. The Morgan fingerprint density at radius 1 is 1.32 bits per heavy atom. The van der Waals surface area contributed by atoms with E-state index in [0.29, 0.717) is 12.5 Å². The van der Waals surface area contributed by atoms with E-state index in [1.807, 2.05) is 17.0 Å². The maximum absolute atomic E-state index is 13.1. The minimum Gasteiger partial charge on any atom is -0.337 e. The number of hydrogen-bond acceptors (Lipinski definition) is 3. The van der Waals surface area contributed by atoms with Crippen LogP contribution in [0.15, 0.2) is 24.5 Å². The molecule has 0 N–H and O–H groups in total. The van der Waals surface area contributed by atoms with Gasteiger partial charge in [0.1, 0.15) is 0 Å². The molecular weight excluding hydrogens is 274 g/mol. The van der Waals surface area contributed by atoms with Gasteiger partial charge in [-0.3, -0.25) is 14.7 Å². The molecule has 0 aromatic carbocycles. The van der Waals surface area contributed by atoms with Crippen molar-refractivity contribution >= 4 is 5.91 Å². The van der Waals surface area contributed by atoms with Gasteiger partial charge in [-0.15, -0.1) is 0 Å². The highest BCUT2D eigenvalue weighted by atomic mass is 16.2. The number of likely N-dealkylation sites (tertiary alicyclic amines) is 1. The van der Waals surface area contributed by atoms with Gasteiger partial charge in [0.15, 0.2) is 0 Å². The van der Waals surface area contributed by atoms with E-state index in [1.165, 1.54) is 12.8 Å². The number of nitrogens with zero attached hydrogens (tertiary/aromatic N) is 3. The fourth-order valence-corrected chi connectivity index (χ4v) is 3.16. The molecule has 1 aliphatic rings. The highest BCUT2D eigenvalue weighted by molar-refractivity contribution is 5.82. The molecule has 0 bridgehead atoms. The molecule has 0 spiro atoms. The second-order valence-electron chi connectivity index (χ2n) is 6.81. The summed E-state index contributed by atoms with van der Waals surface area (Å²) in [5.41, 5.74) is 1.15. The van der Waals surface area contributed by atoms with Crippen molar-refractivity contribution < 1.29 is 4.79 Å². The van der Waals surface area contributed by atoms with Gasteiger partial charge in [0.05, 0.1) is 6.04 Å². The van der Waals surface area contributed by atoms with Crippen LogP contribution in [0, 0.1) is 5.92 Å². The van der Waals surface area contributed by atoms with Crippen LogP contribution in [-0.2, 0) is 11.3 Å². The van der Waals surface area contributed by atoms with Gasteiger partial charge >= 0.3 is 0 Å². The third-order valence-electron chi connectivity index (χ3n) is 4.33. The fraction of sp³-hybridized carbons (Fsp3) is 0.667. The van der Waals surface area contributed by atoms with Crippen molar-refractivity contribution in [1.82, 2.24) is 14.8 Å². The fourth-order valence-electron chi connectivity index (χ4n) is 3.16. The molecule has 1 aromatic rings. The van der Waals surface area contributed by atoms with Crippen molar-refractivity contribution in [3.8, 4) is 0 Å². The molecule has 1 amide bonds. The van der Waals surface area contributed by atoms with Gasteiger partial charge in [-0.25, -0.2) is 0 Å². The number of rotatable bonds is 5. The third kappa shape index (κ3) is 4.80. The molecule has 0 saturated carbocycles. The van der Waals surface area contributed by atoms with Crippen LogP contribution in [0.3, 0.4) is 0 Å². The third-order valence-corrected chi connectivity index (χ3v) is 4.33. The molecule has 1 unspecified atom stereocenters. The summed E-state index contributed by atoms with van der Waals surface area (Å²) in [6, 6.07) is 4.04. The molecule has 2 rings (SSSR count). The van der Waals surface area contributed by atoms with Crippen LogP contribution in [0.2, 0.25) is 0 Å². The van der Waals surface area contributed by atoms with E-state index in [0.717, 1.165) is 31.5 Å². The first kappa shape index (κ1) is 16.9. The van der Waals surface area contributed by atoms with E-state index >= 15 is 0 Å². The van der Waals surface area contributed by atoms with Gasteiger partial charge < -0.3 is 4.90 Å². The Balaban J connectivity index is 2.11. The molecule has 1 saturated heterocycles. The molecule has 4 heteroatoms. The summed E-state index contributed by atoms with van der Waals surface area (Å²) in [6.45, 7) is 6.86. The second-order valence-corrected chi connectivity index (χ2v) is 6.81. The van der Waals surface area contributed by atoms with E-state index < -0.39 is 0 Å². The van der Waals surface area contributed by atoms with Crippen LogP contribution in [0.4, 0.5) is 0 Å². The highest BCUT2D eigenvalue weighted by Gasteiger charge is 2.29. The standard InChI is InChI=1S/C18H29N3O/c1-15(2)13-21(14-16-8-10-19-11-9-16)18(22)17-7-5-4-6-12-20(17)3/h8-11,15,17H,4-7,12-14H2,1-3H3. The zero-order valence-electron chi connectivity index (χ0n) is 14.2. The Morgan fingerprint density at radius 2 is 2.05 bits per heavy atom. The first-order valence-corrected chi connectivity index (χ1v) is 8.46. The van der Waals surface area contributed by atoms with Crippen molar-refractivity contribution in [2.75, 3.05) is 20.1 Å². The minimum absolute atomic E-state index is 0.0445. The molecule has 2 heterocycles. The molecule has 22 heavy (non-hydrogen) atoms. The van der Waals surface area contributed by atoms with Gasteiger partial charge in [-0.2, -0.15) is 0 Å². The van der Waals surface area contributed by atoms with Crippen LogP contribution in [0.1, 0.15) is 45.1 Å². The molecule has 0 radical (unpaired) electrons. The normalized spacial score (nSPS) is 19.9. The van der Waals surface area contributed by atoms with Gasteiger partial charge in [-0.1, -0.05) is 26.7 Å². The van der Waals surface area contributed by atoms with Crippen molar-refractivity contribution in [3.63, 3.8) is 0 Å². The number of carbonyl (C=O) groups excluding carboxylic acids is 1. The number of likely N-dealkylation sites (N-methyl/N-ethyl adjacent to an activating group) is 1. The van der Waals surface area contributed by atoms with Gasteiger partial charge in [0, 0.05) is 25.5 Å². The van der Waals surface area contributed by atoms with Crippen LogP contribution >= 0.6 is 0 Å². The molecule has 1 atom stereocenters. The maximum atomic E-state index is 13.1. The lowest BCUT2D eigenvalue weighted by atomic mass is 10.1. The Hall–Kier alpha value is -1.42. The summed E-state index contributed by atoms with van der Waals surface area (Å²) >= 11 is 0. The van der Waals surface area contributed by atoms with Gasteiger partial charge in [0.2, 0.25) is 5.91 Å². The largest absolute Gasteiger partial charge is 0.337 e. The average molecular weight is 303 g/mol. The Bertz CT molecular complexity index is 461. The van der Waals surface area contributed by atoms with Crippen molar-refractivity contribution in [3.05, 3.63) is 30.1 Å². The highest BCUT2D eigenvalue weighted by Crippen LogP contribution is 2.19.